The molecule has 0 unspecified atom stereocenters. The molecule has 6 aromatic carbocycles. The second-order valence-corrected chi connectivity index (χ2v) is 15.2. The molecule has 11 rings (SSSR count). The summed E-state index contributed by atoms with van der Waals surface area (Å²) in [5.74, 6) is 0.733. The summed E-state index contributed by atoms with van der Waals surface area (Å²) in [4.78, 5) is 15.5. The molecule has 5 heterocycles. The van der Waals surface area contributed by atoms with Gasteiger partial charge in [-0.3, -0.25) is 0 Å². The Kier molecular flexibility index (Phi) is 6.05. The van der Waals surface area contributed by atoms with Crippen molar-refractivity contribution < 1.29 is 0 Å². The molecule has 0 bridgehead atoms. The van der Waals surface area contributed by atoms with Crippen molar-refractivity contribution in [1.29, 1.82) is 0 Å². The van der Waals surface area contributed by atoms with Crippen LogP contribution in [0.2, 0.25) is 0 Å². The molecule has 0 N–H and O–H groups in total. The van der Waals surface area contributed by atoms with E-state index in [1.54, 1.807) is 0 Å². The standard InChI is InChI=1S/C45H29N5Si/c1-3-11-30(12-4-1)49-37-17-9-7-15-32(37)34-25-28(19-22-39(34)49)36-21-24-41-43(47-36)44-42(51-41)27-46-45(48-44)29-20-23-40-35(26-29)33-16-8-10-18-38(33)50(40)31-13-5-2-6-14-31/h1-27H,51H2. The maximum absolute atomic E-state index is 5.31. The van der Waals surface area contributed by atoms with Gasteiger partial charge in [-0.2, -0.15) is 0 Å². The normalized spacial score (nSPS) is 12.7. The summed E-state index contributed by atoms with van der Waals surface area (Å²) in [6, 6.07) is 56.2. The van der Waals surface area contributed by atoms with Gasteiger partial charge >= 0.3 is 0 Å². The number of para-hydroxylation sites is 4. The summed E-state index contributed by atoms with van der Waals surface area (Å²) in [7, 11) is -0.722. The monoisotopic (exact) mass is 667 g/mol. The quantitative estimate of drug-likeness (QED) is 0.177. The van der Waals surface area contributed by atoms with Crippen molar-refractivity contribution in [2.24, 2.45) is 0 Å². The minimum Gasteiger partial charge on any atom is -0.309 e. The first kappa shape index (κ1) is 28.2. The fraction of sp³-hybridized carbons (Fsp3) is 0. The Bertz CT molecular complexity index is 2790. The first-order chi connectivity index (χ1) is 25.3. The maximum Gasteiger partial charge on any atom is 0.159 e. The molecular formula is C45H29N5Si. The van der Waals surface area contributed by atoms with Crippen LogP contribution < -0.4 is 10.4 Å². The van der Waals surface area contributed by atoms with E-state index in [2.05, 4.69) is 167 Å². The van der Waals surface area contributed by atoms with Gasteiger partial charge in [-0.15, -0.1) is 0 Å². The topological polar surface area (TPSA) is 48.5 Å². The number of pyridine rings is 1. The average molecular weight is 668 g/mol. The second-order valence-electron chi connectivity index (χ2n) is 13.3. The van der Waals surface area contributed by atoms with Gasteiger partial charge in [-0.05, 0) is 83.2 Å². The lowest BCUT2D eigenvalue weighted by molar-refractivity contribution is 1.17. The van der Waals surface area contributed by atoms with Gasteiger partial charge in [-0.25, -0.2) is 15.0 Å². The summed E-state index contributed by atoms with van der Waals surface area (Å²) < 4.78 is 4.68. The van der Waals surface area contributed by atoms with E-state index in [-0.39, 0.29) is 0 Å². The van der Waals surface area contributed by atoms with E-state index in [0.29, 0.717) is 0 Å². The highest BCUT2D eigenvalue weighted by molar-refractivity contribution is 6.72. The molecule has 4 aromatic heterocycles. The molecule has 0 saturated heterocycles. The number of hydrogen-bond acceptors (Lipinski definition) is 3. The third kappa shape index (κ3) is 4.30. The van der Waals surface area contributed by atoms with Gasteiger partial charge in [0.25, 0.3) is 0 Å². The molecule has 0 amide bonds. The van der Waals surface area contributed by atoms with Crippen LogP contribution in [0.1, 0.15) is 0 Å². The van der Waals surface area contributed by atoms with E-state index in [4.69, 9.17) is 15.0 Å². The minimum absolute atomic E-state index is 0.722. The molecule has 0 saturated carbocycles. The maximum atomic E-state index is 5.31. The predicted octanol–water partition coefficient (Wildman–Crippen LogP) is 8.50. The lowest BCUT2D eigenvalue weighted by Gasteiger charge is -2.09. The van der Waals surface area contributed by atoms with Gasteiger partial charge in [-0.1, -0.05) is 84.9 Å². The summed E-state index contributed by atoms with van der Waals surface area (Å²) in [5.41, 5.74) is 12.1. The number of fused-ring (bicyclic) bond motifs is 9. The lowest BCUT2D eigenvalue weighted by Crippen LogP contribution is -2.21. The highest BCUT2D eigenvalue weighted by atomic mass is 28.2. The molecule has 238 valence electrons. The molecule has 0 atom stereocenters. The third-order valence-corrected chi connectivity index (χ3v) is 12.2. The van der Waals surface area contributed by atoms with Crippen LogP contribution in [-0.4, -0.2) is 33.6 Å². The van der Waals surface area contributed by atoms with Crippen LogP contribution in [0.4, 0.5) is 0 Å². The fourth-order valence-corrected chi connectivity index (χ4v) is 9.69. The van der Waals surface area contributed by atoms with E-state index in [1.807, 2.05) is 6.20 Å². The van der Waals surface area contributed by atoms with Crippen LogP contribution >= 0.6 is 0 Å². The minimum atomic E-state index is -0.722. The van der Waals surface area contributed by atoms with E-state index >= 15 is 0 Å². The number of aromatic nitrogens is 5. The highest BCUT2D eigenvalue weighted by Crippen LogP contribution is 2.36. The van der Waals surface area contributed by atoms with Crippen molar-refractivity contribution in [1.82, 2.24) is 24.1 Å². The van der Waals surface area contributed by atoms with E-state index in [9.17, 15) is 0 Å². The van der Waals surface area contributed by atoms with Crippen molar-refractivity contribution in [2.75, 3.05) is 0 Å². The van der Waals surface area contributed by atoms with Crippen LogP contribution in [0, 0.1) is 0 Å². The number of benzene rings is 6. The first-order valence-electron chi connectivity index (χ1n) is 17.3. The van der Waals surface area contributed by atoms with Crippen LogP contribution in [0.25, 0.3) is 89.0 Å². The summed E-state index contributed by atoms with van der Waals surface area (Å²) in [6.07, 6.45) is 2.05. The zero-order chi connectivity index (χ0) is 33.5. The summed E-state index contributed by atoms with van der Waals surface area (Å²) in [5, 5.41) is 7.43. The molecule has 0 spiro atoms. The zero-order valence-electron chi connectivity index (χ0n) is 27.5. The van der Waals surface area contributed by atoms with E-state index in [0.717, 1.165) is 45.4 Å². The third-order valence-electron chi connectivity index (χ3n) is 10.4. The molecule has 10 aromatic rings. The largest absolute Gasteiger partial charge is 0.309 e. The van der Waals surface area contributed by atoms with E-state index in [1.165, 1.54) is 54.0 Å². The Morgan fingerprint density at radius 1 is 0.412 bits per heavy atom. The van der Waals surface area contributed by atoms with Crippen LogP contribution in [0.5, 0.6) is 0 Å². The molecule has 51 heavy (non-hydrogen) atoms. The van der Waals surface area contributed by atoms with Crippen LogP contribution in [-0.2, 0) is 0 Å². The Balaban J connectivity index is 1.01. The predicted molar refractivity (Wildman–Crippen MR) is 213 cm³/mol. The van der Waals surface area contributed by atoms with E-state index < -0.39 is 9.52 Å². The fourth-order valence-electron chi connectivity index (χ4n) is 8.04. The second kappa shape index (κ2) is 10.9. The van der Waals surface area contributed by atoms with Crippen LogP contribution in [0.15, 0.2) is 164 Å². The summed E-state index contributed by atoms with van der Waals surface area (Å²) in [6.45, 7) is 0. The molecular weight excluding hydrogens is 639 g/mol. The molecule has 0 fully saturated rings. The SMILES string of the molecule is c1ccc(-n2c3ccccc3c3cc(-c4ccc5c(n4)-c4nc(-c6ccc7c(c6)c6ccccc6n7-c6ccccc6)ncc4[SiH2]5)ccc32)cc1. The average Bonchev–Trinajstić information content (AvgIpc) is 3.85. The highest BCUT2D eigenvalue weighted by Gasteiger charge is 2.25. The van der Waals surface area contributed by atoms with Crippen molar-refractivity contribution >= 4 is 63.5 Å². The first-order valence-corrected chi connectivity index (χ1v) is 18.7. The Labute approximate surface area is 296 Å². The van der Waals surface area contributed by atoms with Crippen molar-refractivity contribution in [2.45, 2.75) is 0 Å². The molecule has 1 aliphatic heterocycles. The van der Waals surface area contributed by atoms with Gasteiger partial charge in [0.15, 0.2) is 5.82 Å². The Morgan fingerprint density at radius 2 is 0.941 bits per heavy atom. The Hall–Kier alpha value is -6.63. The van der Waals surface area contributed by atoms with Crippen molar-refractivity contribution in [3.05, 3.63) is 164 Å². The molecule has 0 radical (unpaired) electrons. The number of hydrogen-bond donors (Lipinski definition) is 0. The van der Waals surface area contributed by atoms with Gasteiger partial charge < -0.3 is 9.13 Å². The summed E-state index contributed by atoms with van der Waals surface area (Å²) >= 11 is 0. The van der Waals surface area contributed by atoms with Gasteiger partial charge in [0, 0.05) is 50.2 Å². The van der Waals surface area contributed by atoms with Gasteiger partial charge in [0.2, 0.25) is 0 Å². The van der Waals surface area contributed by atoms with Gasteiger partial charge in [0.1, 0.15) is 0 Å². The number of nitrogens with zero attached hydrogens (tertiary/aromatic N) is 5. The van der Waals surface area contributed by atoms with Crippen molar-refractivity contribution in [3.63, 3.8) is 0 Å². The lowest BCUT2D eigenvalue weighted by atomic mass is 10.1. The van der Waals surface area contributed by atoms with Crippen molar-refractivity contribution in [3.8, 4) is 45.4 Å². The van der Waals surface area contributed by atoms with Crippen LogP contribution in [0.3, 0.4) is 0 Å². The molecule has 5 nitrogen and oxygen atoms in total. The number of rotatable bonds is 4. The van der Waals surface area contributed by atoms with Gasteiger partial charge in [0.05, 0.1) is 48.7 Å². The molecule has 1 aliphatic rings. The molecule has 0 aliphatic carbocycles. The molecule has 6 heteroatoms. The Morgan fingerprint density at radius 3 is 1.59 bits per heavy atom. The smallest absolute Gasteiger partial charge is 0.159 e. The zero-order valence-corrected chi connectivity index (χ0v) is 28.9.